The molecule has 9 nitrogen and oxygen atoms in total. The molecular formula is C34H29ClN4O5S. The van der Waals surface area contributed by atoms with Gasteiger partial charge in [0.2, 0.25) is 5.91 Å². The van der Waals surface area contributed by atoms with Crippen molar-refractivity contribution in [2.45, 2.75) is 30.4 Å². The van der Waals surface area contributed by atoms with Crippen LogP contribution in [0, 0.1) is 0 Å². The number of aromatic nitrogens is 1. The number of hydrogen-bond acceptors (Lipinski definition) is 8. The van der Waals surface area contributed by atoms with Crippen molar-refractivity contribution in [3.8, 4) is 0 Å². The Bertz CT molecular complexity index is 1750. The molecule has 2 unspecified atom stereocenters. The summed E-state index contributed by atoms with van der Waals surface area (Å²) in [5.41, 5.74) is 3.27. The first-order valence-electron chi connectivity index (χ1n) is 14.5. The average Bonchev–Trinajstić information content (AvgIpc) is 3.07. The number of halogens is 1. The number of hydrogen-bond donors (Lipinski definition) is 2. The van der Waals surface area contributed by atoms with E-state index in [0.29, 0.717) is 24.3 Å². The van der Waals surface area contributed by atoms with Crippen molar-refractivity contribution >= 4 is 64.0 Å². The van der Waals surface area contributed by atoms with Crippen LogP contribution in [0.5, 0.6) is 0 Å². The van der Waals surface area contributed by atoms with Gasteiger partial charge in [0.25, 0.3) is 5.91 Å². The van der Waals surface area contributed by atoms with Crippen LogP contribution in [-0.4, -0.2) is 57.7 Å². The minimum absolute atomic E-state index is 0.0730. The number of β-lactam (4-membered cyclic amide) rings is 1. The minimum atomic E-state index is -0.806. The summed E-state index contributed by atoms with van der Waals surface area (Å²) in [5.74, 6) is -1.28. The van der Waals surface area contributed by atoms with Gasteiger partial charge >= 0.3 is 5.97 Å². The molecule has 0 radical (unpaired) electrons. The second kappa shape index (κ2) is 13.5. The molecule has 0 spiro atoms. The normalized spacial score (nSPS) is 17.5. The number of anilines is 1. The summed E-state index contributed by atoms with van der Waals surface area (Å²) in [5, 5.41) is 7.16. The topological polar surface area (TPSA) is 118 Å². The zero-order valence-electron chi connectivity index (χ0n) is 24.0. The van der Waals surface area contributed by atoms with Crippen molar-refractivity contribution in [1.82, 2.24) is 15.2 Å². The van der Waals surface area contributed by atoms with Crippen LogP contribution in [0.3, 0.4) is 0 Å². The fourth-order valence-corrected chi connectivity index (χ4v) is 6.92. The largest absolute Gasteiger partial charge is 0.448 e. The van der Waals surface area contributed by atoms with Gasteiger partial charge in [0.05, 0.1) is 5.52 Å². The van der Waals surface area contributed by atoms with Gasteiger partial charge in [-0.25, -0.2) is 4.79 Å². The van der Waals surface area contributed by atoms with Crippen molar-refractivity contribution in [2.75, 3.05) is 17.6 Å². The molecule has 0 saturated carbocycles. The van der Waals surface area contributed by atoms with Gasteiger partial charge in [0.1, 0.15) is 23.4 Å². The van der Waals surface area contributed by atoms with Gasteiger partial charge in [-0.05, 0) is 41.8 Å². The van der Waals surface area contributed by atoms with Crippen LogP contribution >= 0.6 is 23.4 Å². The Morgan fingerprint density at radius 3 is 2.44 bits per heavy atom. The molecular weight excluding hydrogens is 612 g/mol. The van der Waals surface area contributed by atoms with Crippen LogP contribution in [0.1, 0.15) is 30.1 Å². The SMILES string of the molecule is O=CC1=C(C(=O)OC(c2ccccc2)c2ccccc2)N2C(=O)C(NC(=O)CCCNc3ccnc4cc(Cl)ccc34)C2SC1. The standard InChI is InChI=1S/C34H29ClN4O5S/c35-24-13-14-25-26(15-17-37-27(25)18-24)36-16-7-12-28(41)38-29-32(42)39-30(23(19-40)20-45-33(29)39)34(43)44-31(21-8-3-1-4-9-21)22-10-5-2-6-11-22/h1-6,8-11,13-15,17-19,29,31,33H,7,12,16,20H2,(H,36,37)(H,38,41). The molecule has 2 N–H and O–H groups in total. The monoisotopic (exact) mass is 640 g/mol. The lowest BCUT2D eigenvalue weighted by atomic mass is 10.0. The number of nitrogens with zero attached hydrogens (tertiary/aromatic N) is 2. The van der Waals surface area contributed by atoms with Crippen molar-refractivity contribution in [3.05, 3.63) is 119 Å². The summed E-state index contributed by atoms with van der Waals surface area (Å²) in [6.45, 7) is 0.531. The highest BCUT2D eigenvalue weighted by Gasteiger charge is 2.54. The van der Waals surface area contributed by atoms with E-state index >= 15 is 0 Å². The number of amides is 2. The molecule has 0 bridgehead atoms. The Morgan fingerprint density at radius 1 is 1.04 bits per heavy atom. The summed E-state index contributed by atoms with van der Waals surface area (Å²) < 4.78 is 5.98. The molecule has 4 aromatic rings. The van der Waals surface area contributed by atoms with Crippen LogP contribution in [0.4, 0.5) is 5.69 Å². The lowest BCUT2D eigenvalue weighted by Gasteiger charge is -2.49. The summed E-state index contributed by atoms with van der Waals surface area (Å²) in [7, 11) is 0. The molecule has 2 atom stereocenters. The average molecular weight is 641 g/mol. The van der Waals surface area contributed by atoms with Crippen molar-refractivity contribution in [1.29, 1.82) is 0 Å². The zero-order valence-corrected chi connectivity index (χ0v) is 25.6. The molecule has 1 fully saturated rings. The van der Waals surface area contributed by atoms with E-state index in [2.05, 4.69) is 15.6 Å². The van der Waals surface area contributed by atoms with Crippen molar-refractivity contribution in [2.24, 2.45) is 0 Å². The van der Waals surface area contributed by atoms with Crippen molar-refractivity contribution in [3.63, 3.8) is 0 Å². The number of pyridine rings is 1. The molecule has 3 heterocycles. The molecule has 0 aliphatic carbocycles. The van der Waals surface area contributed by atoms with E-state index in [-0.39, 0.29) is 29.4 Å². The highest BCUT2D eigenvalue weighted by molar-refractivity contribution is 8.00. The van der Waals surface area contributed by atoms with Crippen LogP contribution in [0.2, 0.25) is 5.02 Å². The first-order chi connectivity index (χ1) is 21.9. The lowest BCUT2D eigenvalue weighted by molar-refractivity contribution is -0.154. The Morgan fingerprint density at radius 2 is 1.76 bits per heavy atom. The van der Waals surface area contributed by atoms with Gasteiger partial charge in [-0.1, -0.05) is 72.3 Å². The number of thioether (sulfide) groups is 1. The van der Waals surface area contributed by atoms with Gasteiger partial charge in [0.15, 0.2) is 6.10 Å². The molecule has 3 aromatic carbocycles. The van der Waals surface area contributed by atoms with Crippen LogP contribution in [0.25, 0.3) is 10.9 Å². The number of ether oxygens (including phenoxy) is 1. The molecule has 2 amide bonds. The summed E-state index contributed by atoms with van der Waals surface area (Å²) in [4.78, 5) is 57.4. The van der Waals surface area contributed by atoms with Gasteiger partial charge in [-0.15, -0.1) is 11.8 Å². The maximum atomic E-state index is 13.6. The van der Waals surface area contributed by atoms with Crippen LogP contribution in [0.15, 0.2) is 102 Å². The first kappa shape index (κ1) is 30.4. The van der Waals surface area contributed by atoms with E-state index in [0.717, 1.165) is 27.7 Å². The number of aldehydes is 1. The fourth-order valence-electron chi connectivity index (χ4n) is 5.46. The van der Waals surface area contributed by atoms with E-state index < -0.39 is 29.4 Å². The van der Waals surface area contributed by atoms with E-state index in [9.17, 15) is 19.2 Å². The van der Waals surface area contributed by atoms with Crippen LogP contribution < -0.4 is 10.6 Å². The second-order valence-corrected chi connectivity index (χ2v) is 12.1. The van der Waals surface area contributed by atoms with Gasteiger partial charge in [-0.2, -0.15) is 0 Å². The molecule has 2 aliphatic rings. The molecule has 45 heavy (non-hydrogen) atoms. The highest BCUT2D eigenvalue weighted by atomic mass is 35.5. The number of fused-ring (bicyclic) bond motifs is 2. The van der Waals surface area contributed by atoms with E-state index in [1.54, 1.807) is 18.3 Å². The third kappa shape index (κ3) is 6.43. The first-order valence-corrected chi connectivity index (χ1v) is 15.9. The van der Waals surface area contributed by atoms with Crippen molar-refractivity contribution < 1.29 is 23.9 Å². The number of carbonyl (C=O) groups is 4. The van der Waals surface area contributed by atoms with Gasteiger partial charge < -0.3 is 15.4 Å². The van der Waals surface area contributed by atoms with Gasteiger partial charge in [-0.3, -0.25) is 24.3 Å². The highest BCUT2D eigenvalue weighted by Crippen LogP contribution is 2.41. The Labute approximate surface area is 269 Å². The Hall–Kier alpha value is -4.67. The number of nitrogens with one attached hydrogen (secondary N) is 2. The molecule has 1 aromatic heterocycles. The van der Waals surface area contributed by atoms with Crippen LogP contribution in [-0.2, 0) is 23.9 Å². The summed E-state index contributed by atoms with van der Waals surface area (Å²) in [6, 6.07) is 25.1. The summed E-state index contributed by atoms with van der Waals surface area (Å²) in [6.07, 6.45) is 2.27. The summed E-state index contributed by atoms with van der Waals surface area (Å²) >= 11 is 7.40. The Kier molecular flexibility index (Phi) is 9.13. The van der Waals surface area contributed by atoms with E-state index in [1.807, 2.05) is 72.8 Å². The second-order valence-electron chi connectivity index (χ2n) is 10.6. The van der Waals surface area contributed by atoms with E-state index in [4.69, 9.17) is 16.3 Å². The van der Waals surface area contributed by atoms with E-state index in [1.165, 1.54) is 16.7 Å². The maximum Gasteiger partial charge on any atom is 0.356 e. The smallest absolute Gasteiger partial charge is 0.356 e. The number of benzene rings is 3. The molecule has 1 saturated heterocycles. The third-order valence-corrected chi connectivity index (χ3v) is 9.22. The number of esters is 1. The maximum absolute atomic E-state index is 13.6. The fraction of sp³-hybridized carbons (Fsp3) is 0.206. The number of carbonyl (C=O) groups excluding carboxylic acids is 4. The molecule has 2 aliphatic heterocycles. The predicted octanol–water partition coefficient (Wildman–Crippen LogP) is 5.27. The number of rotatable bonds is 11. The molecule has 228 valence electrons. The predicted molar refractivity (Wildman–Crippen MR) is 173 cm³/mol. The molecule has 11 heteroatoms. The lowest BCUT2D eigenvalue weighted by Crippen LogP contribution is -2.70. The Balaban J connectivity index is 1.08. The molecule has 6 rings (SSSR count). The minimum Gasteiger partial charge on any atom is -0.448 e. The quantitative estimate of drug-likeness (QED) is 0.0986. The third-order valence-electron chi connectivity index (χ3n) is 7.68. The van der Waals surface area contributed by atoms with Gasteiger partial charge in [0, 0.05) is 46.6 Å². The zero-order chi connectivity index (χ0) is 31.3.